The van der Waals surface area contributed by atoms with Crippen LogP contribution in [-0.2, 0) is 84.8 Å². The Bertz CT molecular complexity index is 7750. The molecule has 0 radical (unpaired) electrons. The fourth-order valence-electron chi connectivity index (χ4n) is 16.3. The molecule has 1 atom stereocenters. The number of nitrogens with one attached hydrogen (secondary N) is 10. The number of sulfone groups is 4. The van der Waals surface area contributed by atoms with Gasteiger partial charge in [0.15, 0.2) is 67.7 Å². The zero-order valence-electron chi connectivity index (χ0n) is 76.3. The number of fused-ring (bicyclic) bond motifs is 7. The Morgan fingerprint density at radius 1 is 0.409 bits per heavy atom. The lowest BCUT2D eigenvalue weighted by Crippen LogP contribution is -2.42. The third kappa shape index (κ3) is 20.7. The Balaban J connectivity index is 0.000000127. The molecule has 137 heavy (non-hydrogen) atoms. The molecule has 13 heterocycles. The van der Waals surface area contributed by atoms with Crippen molar-refractivity contribution in [1.29, 1.82) is 0 Å². The minimum absolute atomic E-state index is 0.0321. The molecule has 4 aliphatic rings. The number of thiophene rings is 1. The number of anilines is 4. The number of benzene rings is 7. The number of nitrogens with two attached hydrogens (primary N) is 1. The highest BCUT2D eigenvalue weighted by Gasteiger charge is 2.28. The van der Waals surface area contributed by atoms with E-state index in [-0.39, 0.29) is 55.5 Å². The van der Waals surface area contributed by atoms with Crippen molar-refractivity contribution < 1.29 is 52.8 Å². The second-order valence-electron chi connectivity index (χ2n) is 35.0. The molecular weight excluding hydrogens is 1830 g/mol. The highest BCUT2D eigenvalue weighted by molar-refractivity contribution is 7.93. The fraction of sp³-hybridized carbons (Fsp3) is 0.260. The Morgan fingerprint density at radius 3 is 1.23 bits per heavy atom. The summed E-state index contributed by atoms with van der Waals surface area (Å²) < 4.78 is 99.1. The van der Waals surface area contributed by atoms with Gasteiger partial charge in [0.05, 0.1) is 110 Å². The van der Waals surface area contributed by atoms with Gasteiger partial charge >= 0.3 is 0 Å². The number of nitrogens with zero attached hydrogens (tertiary/aromatic N) is 9. The van der Waals surface area contributed by atoms with Gasteiger partial charge in [-0.3, -0.25) is 19.2 Å². The lowest BCUT2D eigenvalue weighted by atomic mass is 9.95. The van der Waals surface area contributed by atoms with Gasteiger partial charge in [-0.1, -0.05) is 66.7 Å². The number of rotatable bonds is 22. The number of aromatic amines is 4. The first-order valence-corrected chi connectivity index (χ1v) is 52.0. The molecule has 32 nitrogen and oxygen atoms in total. The molecule has 704 valence electrons. The van der Waals surface area contributed by atoms with Crippen molar-refractivity contribution in [2.24, 2.45) is 5.73 Å². The topological polar surface area (TPSA) is 473 Å². The van der Waals surface area contributed by atoms with E-state index in [9.17, 15) is 52.8 Å². The van der Waals surface area contributed by atoms with Crippen LogP contribution in [0.4, 0.5) is 22.7 Å². The van der Waals surface area contributed by atoms with E-state index >= 15 is 0 Å². The molecule has 4 aliphatic heterocycles. The fourth-order valence-corrected chi connectivity index (χ4v) is 21.6. The smallest absolute Gasteiger partial charge is 0.265 e. The number of hydrogen-bond donors (Lipinski definition) is 11. The molecule has 16 aromatic rings. The summed E-state index contributed by atoms with van der Waals surface area (Å²) in [6, 6.07) is 47.8. The van der Waals surface area contributed by atoms with Crippen LogP contribution in [0, 0.1) is 0 Å². The van der Waals surface area contributed by atoms with Crippen LogP contribution in [-0.4, -0.2) is 170 Å². The molecule has 0 unspecified atom stereocenters. The molecule has 20 rings (SSSR count). The number of ketones is 1. The summed E-state index contributed by atoms with van der Waals surface area (Å²) in [5.41, 5.74) is 27.1. The maximum Gasteiger partial charge on any atom is 0.265 e. The molecule has 9 aromatic heterocycles. The molecule has 37 heteroatoms. The molecule has 0 saturated carbocycles. The lowest BCUT2D eigenvalue weighted by molar-refractivity contribution is 0.0989. The van der Waals surface area contributed by atoms with Gasteiger partial charge < -0.3 is 62.5 Å². The predicted molar refractivity (Wildman–Crippen MR) is 533 cm³/mol. The van der Waals surface area contributed by atoms with E-state index in [1.54, 1.807) is 202 Å². The number of aromatic nitrogens is 12. The zero-order chi connectivity index (χ0) is 96.4. The molecule has 7 aromatic carbocycles. The van der Waals surface area contributed by atoms with E-state index in [0.717, 1.165) is 117 Å². The van der Waals surface area contributed by atoms with Crippen LogP contribution >= 0.6 is 11.3 Å². The Hall–Kier alpha value is -13.8. The van der Waals surface area contributed by atoms with E-state index in [0.29, 0.717) is 106 Å². The van der Waals surface area contributed by atoms with Crippen LogP contribution in [0.1, 0.15) is 147 Å². The normalized spacial score (nSPS) is 14.4. The first-order valence-electron chi connectivity index (χ1n) is 45.0. The standard InChI is InChI=1S/C27H30N6O3S.C26H26N4O3S.C24H23N5O3S.C23H23N5O3S2/c1-17(2)37(35,36)22-11-7-18(8-12-22)23-14-29-26-25(31-23)24(15-30-26)32-27(34)19-5-9-21(10-6-19)33-13-3-4-20(28)16-33;1-16(2)34(32,33)22-7-5-18(6-8-22)23-15-29-26-25(30-23)21(14-28-26)12-24(31)19-4-3-17-9-10-27-13-20(17)11-19;1-14(2)33(31,32)19-7-5-15(6-8-19)20-12-26-23-22(28-20)21(13-27-23)29-24(30)16-3-4-17-10-25-11-18(17)9-16;1-13(2)33(30,31)16-5-3-14(4-6-16)17-11-25-22-21(27-17)18(12-26-22)28-23(29)20-9-15-10-24-8-7-19(15)32-20/h5-12,14-15,17,20H,3-4,13,16,28H2,1-2H3,(H,29,30)(H,32,34);3-8,11,14-16,27H,9-10,12-13H2,1-2H3,(H,28,29);3-9,12-14,25H,10-11H2,1-2H3,(H,26,27)(H,29,30);3-6,9,11-13,24H,7-8,10H2,1-2H3,(H,25,26)(H,28,29)/t20-;;;/m1.../s1. The van der Waals surface area contributed by atoms with Crippen molar-refractivity contribution in [1.82, 2.24) is 75.8 Å². The number of Topliss-reactive ketones (excluding diaryl/α,β-unsaturated/α-hetero) is 1. The second-order valence-corrected chi connectivity index (χ2v) is 46.2. The second kappa shape index (κ2) is 39.9. The lowest BCUT2D eigenvalue weighted by Gasteiger charge is -2.32. The first-order chi connectivity index (χ1) is 65.7. The highest BCUT2D eigenvalue weighted by Crippen LogP contribution is 2.35. The summed E-state index contributed by atoms with van der Waals surface area (Å²) >= 11 is 1.53. The van der Waals surface area contributed by atoms with Gasteiger partial charge in [-0.15, -0.1) is 11.3 Å². The largest absolute Gasteiger partial charge is 0.370 e. The van der Waals surface area contributed by atoms with Gasteiger partial charge in [0.25, 0.3) is 17.7 Å². The average Bonchev–Trinajstić information content (AvgIpc) is 1.76. The average molecular weight is 1940 g/mol. The van der Waals surface area contributed by atoms with Crippen molar-refractivity contribution >= 4 is 142 Å². The molecule has 3 amide bonds. The van der Waals surface area contributed by atoms with Gasteiger partial charge in [-0.05, 0) is 212 Å². The number of carbonyl (C=O) groups excluding carboxylic acids is 4. The van der Waals surface area contributed by atoms with Crippen LogP contribution in [0.2, 0.25) is 0 Å². The van der Waals surface area contributed by atoms with Gasteiger partial charge in [-0.25, -0.2) is 73.5 Å². The van der Waals surface area contributed by atoms with E-state index in [2.05, 4.69) is 97.7 Å². The van der Waals surface area contributed by atoms with Crippen molar-refractivity contribution in [2.75, 3.05) is 47.0 Å². The summed E-state index contributed by atoms with van der Waals surface area (Å²) in [6.07, 6.45) is 17.5. The van der Waals surface area contributed by atoms with Crippen LogP contribution in [0.3, 0.4) is 0 Å². The van der Waals surface area contributed by atoms with Crippen molar-refractivity contribution in [2.45, 2.75) is 160 Å². The van der Waals surface area contributed by atoms with Crippen molar-refractivity contribution in [3.63, 3.8) is 0 Å². The predicted octanol–water partition coefficient (Wildman–Crippen LogP) is 15.3. The Labute approximate surface area is 796 Å². The van der Waals surface area contributed by atoms with Crippen LogP contribution in [0.25, 0.3) is 89.7 Å². The van der Waals surface area contributed by atoms with E-state index in [1.165, 1.54) is 38.5 Å². The van der Waals surface area contributed by atoms with Crippen LogP contribution in [0.5, 0.6) is 0 Å². The number of carbonyl (C=O) groups is 4. The molecule has 0 aliphatic carbocycles. The molecule has 0 spiro atoms. The summed E-state index contributed by atoms with van der Waals surface area (Å²) in [6.45, 7) is 20.1. The van der Waals surface area contributed by atoms with Crippen LogP contribution < -0.4 is 42.5 Å². The maximum atomic E-state index is 13.0. The van der Waals surface area contributed by atoms with E-state index in [4.69, 9.17) is 10.7 Å². The summed E-state index contributed by atoms with van der Waals surface area (Å²) in [5.74, 6) is -0.616. The molecule has 12 N–H and O–H groups in total. The SMILES string of the molecule is CC(C)S(=O)(=O)c1ccc(-c2cnc3[nH]cc(CC(=O)c4ccc5c(c4)CNCC5)c3n2)cc1.CC(C)S(=O)(=O)c1ccc(-c2cnc3[nH]cc(NC(=O)c4cc5c(s4)CCNC5)c3n2)cc1.CC(C)S(=O)(=O)c1ccc(-c2cnc3[nH]cc(NC(=O)c4ccc(N5CCC[C@@H](N)C5)cc4)c3n2)cc1.CC(C)S(=O)(=O)c1ccc(-c2cnc3[nH]cc(NC(=O)c4ccc5c(c4)CNC5)c3n2)cc1. The molecular formula is C100H102N20O12S5. The molecule has 1 fully saturated rings. The Kier molecular flexibility index (Phi) is 27.7. The third-order valence-corrected chi connectivity index (χ3v) is 34.4. The van der Waals surface area contributed by atoms with Crippen molar-refractivity contribution in [3.05, 3.63) is 273 Å². The third-order valence-electron chi connectivity index (χ3n) is 24.5. The van der Waals surface area contributed by atoms with Crippen LogP contribution in [0.15, 0.2) is 233 Å². The van der Waals surface area contributed by atoms with Gasteiger partial charge in [0.1, 0.15) is 22.1 Å². The zero-order valence-corrected chi connectivity index (χ0v) is 80.4. The number of piperidine rings is 1. The summed E-state index contributed by atoms with van der Waals surface area (Å²) in [4.78, 5) is 106. The van der Waals surface area contributed by atoms with Gasteiger partial charge in [-0.2, -0.15) is 0 Å². The molecule has 0 bridgehead atoms. The van der Waals surface area contributed by atoms with E-state index in [1.807, 2.05) is 60.7 Å². The first kappa shape index (κ1) is 95.0. The summed E-state index contributed by atoms with van der Waals surface area (Å²) in [5, 5.41) is 16.8. The maximum absolute atomic E-state index is 13.0. The summed E-state index contributed by atoms with van der Waals surface area (Å²) in [7, 11) is -13.4. The van der Waals surface area contributed by atoms with Gasteiger partial charge in [0.2, 0.25) is 0 Å². The number of hydrogen-bond acceptors (Lipinski definition) is 26. The van der Waals surface area contributed by atoms with Crippen molar-refractivity contribution in [3.8, 4) is 45.0 Å². The van der Waals surface area contributed by atoms with E-state index < -0.39 is 60.3 Å². The minimum atomic E-state index is -3.36. The quantitative estimate of drug-likeness (QED) is 0.0281. The highest BCUT2D eigenvalue weighted by atomic mass is 32.2. The Morgan fingerprint density at radius 2 is 0.781 bits per heavy atom. The minimum Gasteiger partial charge on any atom is -0.370 e. The number of amides is 3. The monoisotopic (exact) mass is 1930 g/mol. The molecule has 1 saturated heterocycles. The van der Waals surface area contributed by atoms with Gasteiger partial charge in [0, 0.05) is 138 Å². The number of H-pyrrole nitrogens is 4.